The molecule has 0 fully saturated rings. The third-order valence-corrected chi connectivity index (χ3v) is 3.37. The number of fused-ring (bicyclic) bond motifs is 5. The van der Waals surface area contributed by atoms with Crippen molar-refractivity contribution in [2.75, 3.05) is 0 Å². The molecule has 1 aromatic carbocycles. The van der Waals surface area contributed by atoms with Gasteiger partial charge in [-0.3, -0.25) is 9.97 Å². The highest BCUT2D eigenvalue weighted by Crippen LogP contribution is 2.39. The third kappa shape index (κ3) is 1.15. The van der Waals surface area contributed by atoms with Crippen molar-refractivity contribution in [2.24, 2.45) is 0 Å². The number of rotatable bonds is 0. The minimum absolute atomic E-state index is 0.975. The van der Waals surface area contributed by atoms with E-state index in [1.807, 2.05) is 24.5 Å². The fourth-order valence-electron chi connectivity index (χ4n) is 2.62. The van der Waals surface area contributed by atoms with Crippen LogP contribution in [-0.4, -0.2) is 9.97 Å². The molecule has 17 heavy (non-hydrogen) atoms. The zero-order valence-electron chi connectivity index (χ0n) is 9.22. The van der Waals surface area contributed by atoms with Crippen LogP contribution in [0.1, 0.15) is 11.1 Å². The van der Waals surface area contributed by atoms with Gasteiger partial charge in [0.2, 0.25) is 0 Å². The second-order valence-corrected chi connectivity index (χ2v) is 4.36. The average Bonchev–Trinajstić information content (AvgIpc) is 2.77. The third-order valence-electron chi connectivity index (χ3n) is 3.37. The SMILES string of the molecule is c1ccc2c(c1)Cc1cnc3cccnc3c1-2. The molecule has 80 valence electrons. The predicted molar refractivity (Wildman–Crippen MR) is 67.8 cm³/mol. The van der Waals surface area contributed by atoms with E-state index in [4.69, 9.17) is 0 Å². The molecule has 2 heteroatoms. The molecule has 0 radical (unpaired) electrons. The lowest BCUT2D eigenvalue weighted by molar-refractivity contribution is 1.22. The molecule has 0 bridgehead atoms. The lowest BCUT2D eigenvalue weighted by Crippen LogP contribution is -1.88. The van der Waals surface area contributed by atoms with E-state index in [9.17, 15) is 0 Å². The van der Waals surface area contributed by atoms with Crippen LogP contribution >= 0.6 is 0 Å². The van der Waals surface area contributed by atoms with Crippen molar-refractivity contribution in [3.05, 3.63) is 59.9 Å². The minimum Gasteiger partial charge on any atom is -0.254 e. The van der Waals surface area contributed by atoms with Crippen molar-refractivity contribution in [2.45, 2.75) is 6.42 Å². The summed E-state index contributed by atoms with van der Waals surface area (Å²) in [5.74, 6) is 0. The summed E-state index contributed by atoms with van der Waals surface area (Å²) in [6, 6.07) is 12.5. The van der Waals surface area contributed by atoms with E-state index >= 15 is 0 Å². The van der Waals surface area contributed by atoms with E-state index in [1.54, 1.807) is 0 Å². The quantitative estimate of drug-likeness (QED) is 0.453. The van der Waals surface area contributed by atoms with Crippen molar-refractivity contribution < 1.29 is 0 Å². The first-order chi connectivity index (χ1) is 8.43. The average molecular weight is 218 g/mol. The van der Waals surface area contributed by atoms with Gasteiger partial charge >= 0.3 is 0 Å². The molecule has 0 N–H and O–H groups in total. The molecule has 0 spiro atoms. The molecule has 3 aromatic rings. The van der Waals surface area contributed by atoms with Crippen LogP contribution in [0.2, 0.25) is 0 Å². The Morgan fingerprint density at radius 2 is 1.82 bits per heavy atom. The zero-order chi connectivity index (χ0) is 11.2. The molecule has 0 saturated carbocycles. The number of nitrogens with zero attached hydrogens (tertiary/aromatic N) is 2. The Kier molecular flexibility index (Phi) is 1.64. The van der Waals surface area contributed by atoms with Crippen LogP contribution in [0.4, 0.5) is 0 Å². The lowest BCUT2D eigenvalue weighted by Gasteiger charge is -2.04. The maximum atomic E-state index is 4.49. The highest BCUT2D eigenvalue weighted by molar-refractivity contribution is 5.96. The maximum absolute atomic E-state index is 4.49. The largest absolute Gasteiger partial charge is 0.254 e. The Bertz CT molecular complexity index is 732. The summed E-state index contributed by atoms with van der Waals surface area (Å²) in [5.41, 5.74) is 7.25. The van der Waals surface area contributed by atoms with Crippen LogP contribution in [0.15, 0.2) is 48.8 Å². The van der Waals surface area contributed by atoms with Crippen molar-refractivity contribution in [1.29, 1.82) is 0 Å². The Morgan fingerprint density at radius 3 is 2.82 bits per heavy atom. The summed E-state index contributed by atoms with van der Waals surface area (Å²) in [5, 5.41) is 0. The molecule has 2 heterocycles. The van der Waals surface area contributed by atoms with E-state index < -0.39 is 0 Å². The van der Waals surface area contributed by atoms with Gasteiger partial charge in [-0.25, -0.2) is 0 Å². The molecule has 1 aliphatic carbocycles. The standard InChI is InChI=1S/C15H10N2/c1-2-5-12-10(4-1)8-11-9-17-13-6-3-7-16-15(13)14(11)12/h1-7,9H,8H2. The van der Waals surface area contributed by atoms with Crippen LogP contribution in [0.25, 0.3) is 22.2 Å². The van der Waals surface area contributed by atoms with Crippen LogP contribution in [0.5, 0.6) is 0 Å². The Morgan fingerprint density at radius 1 is 0.882 bits per heavy atom. The first kappa shape index (κ1) is 8.88. The highest BCUT2D eigenvalue weighted by Gasteiger charge is 2.21. The van der Waals surface area contributed by atoms with Gasteiger partial charge in [0.25, 0.3) is 0 Å². The van der Waals surface area contributed by atoms with Crippen molar-refractivity contribution in [1.82, 2.24) is 9.97 Å². The number of pyridine rings is 2. The van der Waals surface area contributed by atoms with Crippen molar-refractivity contribution in [3.8, 4) is 11.1 Å². The molecule has 0 atom stereocenters. The molecule has 0 aliphatic heterocycles. The van der Waals surface area contributed by atoms with Gasteiger partial charge in [0, 0.05) is 24.4 Å². The zero-order valence-corrected chi connectivity index (χ0v) is 9.22. The summed E-state index contributed by atoms with van der Waals surface area (Å²) >= 11 is 0. The van der Waals surface area contributed by atoms with Crippen molar-refractivity contribution in [3.63, 3.8) is 0 Å². The molecule has 1 aliphatic rings. The summed E-state index contributed by atoms with van der Waals surface area (Å²) in [4.78, 5) is 8.96. The molecule has 0 unspecified atom stereocenters. The monoisotopic (exact) mass is 218 g/mol. The van der Waals surface area contributed by atoms with Gasteiger partial charge in [-0.05, 0) is 28.8 Å². The topological polar surface area (TPSA) is 25.8 Å². The molecule has 2 nitrogen and oxygen atoms in total. The van der Waals surface area contributed by atoms with Gasteiger partial charge in [-0.15, -0.1) is 0 Å². The van der Waals surface area contributed by atoms with E-state index in [0.717, 1.165) is 17.5 Å². The number of aromatic nitrogens is 2. The second-order valence-electron chi connectivity index (χ2n) is 4.36. The molecule has 0 amide bonds. The van der Waals surface area contributed by atoms with Crippen LogP contribution in [0, 0.1) is 0 Å². The molecular weight excluding hydrogens is 208 g/mol. The number of hydrogen-bond donors (Lipinski definition) is 0. The van der Waals surface area contributed by atoms with E-state index in [2.05, 4.69) is 34.2 Å². The minimum atomic E-state index is 0.975. The number of benzene rings is 1. The maximum Gasteiger partial charge on any atom is 0.0967 e. The summed E-state index contributed by atoms with van der Waals surface area (Å²) in [6.07, 6.45) is 4.80. The van der Waals surface area contributed by atoms with Gasteiger partial charge in [-0.2, -0.15) is 0 Å². The normalized spacial score (nSPS) is 12.5. The van der Waals surface area contributed by atoms with E-state index in [1.165, 1.54) is 22.3 Å². The van der Waals surface area contributed by atoms with Gasteiger partial charge in [-0.1, -0.05) is 24.3 Å². The van der Waals surface area contributed by atoms with Crippen LogP contribution < -0.4 is 0 Å². The second kappa shape index (κ2) is 3.14. The first-order valence-corrected chi connectivity index (χ1v) is 5.74. The van der Waals surface area contributed by atoms with Gasteiger partial charge < -0.3 is 0 Å². The fourth-order valence-corrected chi connectivity index (χ4v) is 2.62. The van der Waals surface area contributed by atoms with E-state index in [-0.39, 0.29) is 0 Å². The molecule has 4 rings (SSSR count). The summed E-state index contributed by atoms with van der Waals surface area (Å²) in [6.45, 7) is 0. The Labute approximate surface area is 99.0 Å². The Hall–Kier alpha value is -2.22. The Balaban J connectivity index is 2.17. The van der Waals surface area contributed by atoms with Crippen LogP contribution in [0.3, 0.4) is 0 Å². The molecular formula is C15H10N2. The van der Waals surface area contributed by atoms with Gasteiger partial charge in [0.1, 0.15) is 0 Å². The van der Waals surface area contributed by atoms with Gasteiger partial charge in [0.15, 0.2) is 0 Å². The number of hydrogen-bond acceptors (Lipinski definition) is 2. The smallest absolute Gasteiger partial charge is 0.0967 e. The van der Waals surface area contributed by atoms with Gasteiger partial charge in [0.05, 0.1) is 11.0 Å². The molecule has 0 saturated heterocycles. The molecule has 2 aromatic heterocycles. The lowest BCUT2D eigenvalue weighted by atomic mass is 10.1. The van der Waals surface area contributed by atoms with Crippen LogP contribution in [-0.2, 0) is 6.42 Å². The van der Waals surface area contributed by atoms with E-state index in [0.29, 0.717) is 0 Å². The summed E-state index contributed by atoms with van der Waals surface area (Å²) < 4.78 is 0. The van der Waals surface area contributed by atoms with Crippen molar-refractivity contribution >= 4 is 11.0 Å². The fraction of sp³-hybridized carbons (Fsp3) is 0.0667. The summed E-state index contributed by atoms with van der Waals surface area (Å²) in [7, 11) is 0. The predicted octanol–water partition coefficient (Wildman–Crippen LogP) is 3.20. The highest BCUT2D eigenvalue weighted by atomic mass is 14.7. The first-order valence-electron chi connectivity index (χ1n) is 5.74.